The molecule has 19 heavy (non-hydrogen) atoms. The number of rotatable bonds is 2. The van der Waals surface area contributed by atoms with Gasteiger partial charge in [-0.15, -0.1) is 0 Å². The van der Waals surface area contributed by atoms with Crippen LogP contribution in [0.4, 0.5) is 0 Å². The van der Waals surface area contributed by atoms with Gasteiger partial charge in [0, 0.05) is 10.4 Å². The molecule has 4 nitrogen and oxygen atoms in total. The van der Waals surface area contributed by atoms with Crippen molar-refractivity contribution in [1.82, 2.24) is 14.8 Å². The Morgan fingerprint density at radius 1 is 1.37 bits per heavy atom. The lowest BCUT2D eigenvalue weighted by molar-refractivity contribution is 0.533. The fourth-order valence-corrected chi connectivity index (χ4v) is 1.85. The number of nitrogens with zero attached hydrogens (tertiary/aromatic N) is 4. The van der Waals surface area contributed by atoms with E-state index in [0.717, 1.165) is 11.4 Å². The minimum absolute atomic E-state index is 0.0801. The molecular weight excluding hydrogens is 260 g/mol. The molecule has 0 saturated heterocycles. The molecule has 2 rings (SSSR count). The molecule has 2 aromatic rings. The van der Waals surface area contributed by atoms with Gasteiger partial charge in [0.2, 0.25) is 0 Å². The van der Waals surface area contributed by atoms with Gasteiger partial charge in [-0.25, -0.2) is 9.67 Å². The summed E-state index contributed by atoms with van der Waals surface area (Å²) in [5, 5.41) is 14.1. The summed E-state index contributed by atoms with van der Waals surface area (Å²) in [5.41, 5.74) is 1.38. The van der Waals surface area contributed by atoms with Gasteiger partial charge in [0.25, 0.3) is 0 Å². The molecule has 0 amide bonds. The Hall–Kier alpha value is -1.86. The van der Waals surface area contributed by atoms with Crippen molar-refractivity contribution in [3.05, 3.63) is 46.5 Å². The lowest BCUT2D eigenvalue weighted by atomic mass is 9.96. The third-order valence-electron chi connectivity index (χ3n) is 2.73. The number of aromatic nitrogens is 3. The first kappa shape index (κ1) is 13.6. The summed E-state index contributed by atoms with van der Waals surface area (Å²) in [5.74, 6) is 0.792. The predicted octanol–water partition coefficient (Wildman–Crippen LogP) is 3.15. The minimum atomic E-state index is -0.0801. The Morgan fingerprint density at radius 3 is 2.68 bits per heavy atom. The SMILES string of the molecule is CC(C)(C)c1ncn(Cc2ccc(Cl)cc2C#N)n1. The zero-order valence-electron chi connectivity index (χ0n) is 11.2. The highest BCUT2D eigenvalue weighted by molar-refractivity contribution is 6.30. The van der Waals surface area contributed by atoms with Crippen LogP contribution in [0.1, 0.15) is 37.7 Å². The molecule has 0 aliphatic rings. The highest BCUT2D eigenvalue weighted by Gasteiger charge is 2.18. The Balaban J connectivity index is 2.27. The average Bonchev–Trinajstić information content (AvgIpc) is 2.79. The number of nitriles is 1. The minimum Gasteiger partial charge on any atom is -0.248 e. The van der Waals surface area contributed by atoms with Gasteiger partial charge in [-0.3, -0.25) is 0 Å². The molecule has 0 radical (unpaired) electrons. The fraction of sp³-hybridized carbons (Fsp3) is 0.357. The van der Waals surface area contributed by atoms with Gasteiger partial charge in [0.1, 0.15) is 6.33 Å². The van der Waals surface area contributed by atoms with Gasteiger partial charge in [-0.2, -0.15) is 10.4 Å². The highest BCUT2D eigenvalue weighted by atomic mass is 35.5. The van der Waals surface area contributed by atoms with Crippen LogP contribution in [0.2, 0.25) is 5.02 Å². The number of hydrogen-bond donors (Lipinski definition) is 0. The molecule has 0 unspecified atom stereocenters. The first-order valence-electron chi connectivity index (χ1n) is 5.98. The van der Waals surface area contributed by atoms with E-state index in [2.05, 4.69) is 36.9 Å². The second-order valence-corrected chi connectivity index (χ2v) is 5.87. The van der Waals surface area contributed by atoms with Crippen LogP contribution in [-0.4, -0.2) is 14.8 Å². The highest BCUT2D eigenvalue weighted by Crippen LogP contribution is 2.19. The van der Waals surface area contributed by atoms with Crippen molar-refractivity contribution in [3.63, 3.8) is 0 Å². The van der Waals surface area contributed by atoms with Crippen LogP contribution in [-0.2, 0) is 12.0 Å². The standard InChI is InChI=1S/C14H15ClN4/c1-14(2,3)13-17-9-19(18-13)8-10-4-5-12(15)6-11(10)7-16/h4-6,9H,8H2,1-3H3. The molecule has 98 valence electrons. The molecule has 1 aromatic carbocycles. The van der Waals surface area contributed by atoms with Gasteiger partial charge >= 0.3 is 0 Å². The Bertz CT molecular complexity index is 632. The molecule has 5 heteroatoms. The van der Waals surface area contributed by atoms with E-state index in [1.807, 2.05) is 6.07 Å². The van der Waals surface area contributed by atoms with E-state index in [-0.39, 0.29) is 5.41 Å². The normalized spacial score (nSPS) is 11.3. The van der Waals surface area contributed by atoms with Crippen molar-refractivity contribution in [2.75, 3.05) is 0 Å². The zero-order chi connectivity index (χ0) is 14.0. The van der Waals surface area contributed by atoms with E-state index in [4.69, 9.17) is 16.9 Å². The molecule has 0 bridgehead atoms. The largest absolute Gasteiger partial charge is 0.248 e. The van der Waals surface area contributed by atoms with Crippen LogP contribution >= 0.6 is 11.6 Å². The molecule has 0 aliphatic heterocycles. The van der Waals surface area contributed by atoms with Gasteiger partial charge in [-0.05, 0) is 17.7 Å². The Morgan fingerprint density at radius 2 is 2.11 bits per heavy atom. The lowest BCUT2D eigenvalue weighted by Gasteiger charge is -2.12. The van der Waals surface area contributed by atoms with Crippen LogP contribution in [0, 0.1) is 11.3 Å². The molecule has 0 atom stereocenters. The zero-order valence-corrected chi connectivity index (χ0v) is 11.9. The monoisotopic (exact) mass is 274 g/mol. The molecule has 0 spiro atoms. The number of benzene rings is 1. The van der Waals surface area contributed by atoms with E-state index < -0.39 is 0 Å². The third-order valence-corrected chi connectivity index (χ3v) is 2.97. The van der Waals surface area contributed by atoms with Gasteiger partial charge in [0.05, 0.1) is 18.2 Å². The van der Waals surface area contributed by atoms with E-state index in [1.54, 1.807) is 23.1 Å². The molecule has 0 N–H and O–H groups in total. The summed E-state index contributed by atoms with van der Waals surface area (Å²) >= 11 is 5.88. The van der Waals surface area contributed by atoms with E-state index in [0.29, 0.717) is 17.1 Å². The second kappa shape index (κ2) is 5.02. The Labute approximate surface area is 117 Å². The average molecular weight is 275 g/mol. The molecule has 1 aromatic heterocycles. The van der Waals surface area contributed by atoms with Crippen LogP contribution in [0.25, 0.3) is 0 Å². The maximum absolute atomic E-state index is 9.10. The van der Waals surface area contributed by atoms with Crippen LogP contribution < -0.4 is 0 Å². The van der Waals surface area contributed by atoms with Crippen LogP contribution in [0.15, 0.2) is 24.5 Å². The lowest BCUT2D eigenvalue weighted by Crippen LogP contribution is -2.14. The molecule has 1 heterocycles. The first-order valence-corrected chi connectivity index (χ1v) is 6.36. The molecular formula is C14H15ClN4. The van der Waals surface area contributed by atoms with Gasteiger partial charge in [0.15, 0.2) is 5.82 Å². The van der Waals surface area contributed by atoms with Crippen LogP contribution in [0.5, 0.6) is 0 Å². The fourth-order valence-electron chi connectivity index (χ4n) is 1.68. The topological polar surface area (TPSA) is 54.5 Å². The second-order valence-electron chi connectivity index (χ2n) is 5.43. The summed E-state index contributed by atoms with van der Waals surface area (Å²) in [7, 11) is 0. The third kappa shape index (κ3) is 3.12. The van der Waals surface area contributed by atoms with Crippen molar-refractivity contribution in [1.29, 1.82) is 5.26 Å². The molecule has 0 aliphatic carbocycles. The van der Waals surface area contributed by atoms with Crippen molar-refractivity contribution in [3.8, 4) is 6.07 Å². The smallest absolute Gasteiger partial charge is 0.155 e. The quantitative estimate of drug-likeness (QED) is 0.845. The predicted molar refractivity (Wildman–Crippen MR) is 74.0 cm³/mol. The molecule has 0 saturated carbocycles. The summed E-state index contributed by atoms with van der Waals surface area (Å²) in [4.78, 5) is 4.30. The summed E-state index contributed by atoms with van der Waals surface area (Å²) < 4.78 is 1.74. The Kier molecular flexibility index (Phi) is 3.59. The van der Waals surface area contributed by atoms with E-state index in [9.17, 15) is 0 Å². The summed E-state index contributed by atoms with van der Waals surface area (Å²) in [6.07, 6.45) is 1.69. The van der Waals surface area contributed by atoms with Gasteiger partial charge < -0.3 is 0 Å². The summed E-state index contributed by atoms with van der Waals surface area (Å²) in [6, 6.07) is 7.44. The van der Waals surface area contributed by atoms with Crippen molar-refractivity contribution >= 4 is 11.6 Å². The van der Waals surface area contributed by atoms with Crippen molar-refractivity contribution < 1.29 is 0 Å². The van der Waals surface area contributed by atoms with E-state index in [1.165, 1.54) is 0 Å². The maximum atomic E-state index is 9.10. The first-order chi connectivity index (χ1) is 8.90. The van der Waals surface area contributed by atoms with Crippen molar-refractivity contribution in [2.45, 2.75) is 32.7 Å². The van der Waals surface area contributed by atoms with Crippen molar-refractivity contribution in [2.24, 2.45) is 0 Å². The summed E-state index contributed by atoms with van der Waals surface area (Å²) in [6.45, 7) is 6.71. The van der Waals surface area contributed by atoms with Gasteiger partial charge in [-0.1, -0.05) is 38.4 Å². The number of hydrogen-bond acceptors (Lipinski definition) is 3. The van der Waals surface area contributed by atoms with Crippen LogP contribution in [0.3, 0.4) is 0 Å². The molecule has 0 fully saturated rings. The maximum Gasteiger partial charge on any atom is 0.155 e. The number of halogens is 1. The van der Waals surface area contributed by atoms with E-state index >= 15 is 0 Å².